The van der Waals surface area contributed by atoms with Gasteiger partial charge in [0.2, 0.25) is 0 Å². The first-order valence-corrected chi connectivity index (χ1v) is 8.70. The van der Waals surface area contributed by atoms with Gasteiger partial charge in [-0.1, -0.05) is 44.2 Å². The molecule has 0 saturated heterocycles. The van der Waals surface area contributed by atoms with Gasteiger partial charge in [0.15, 0.2) is 6.10 Å². The average molecular weight is 341 g/mol. The van der Waals surface area contributed by atoms with Crippen LogP contribution in [0.3, 0.4) is 0 Å². The summed E-state index contributed by atoms with van der Waals surface area (Å²) in [7, 11) is 0. The van der Waals surface area contributed by atoms with Crippen molar-refractivity contribution in [2.45, 2.75) is 39.7 Å². The number of hydrogen-bond acceptors (Lipinski definition) is 3. The Balaban J connectivity index is 1.77. The molecule has 1 N–H and O–H groups in total. The van der Waals surface area contributed by atoms with Crippen molar-refractivity contribution in [3.05, 3.63) is 59.7 Å². The van der Waals surface area contributed by atoms with Crippen molar-refractivity contribution >= 4 is 5.91 Å². The van der Waals surface area contributed by atoms with Gasteiger partial charge in [-0.2, -0.15) is 0 Å². The van der Waals surface area contributed by atoms with E-state index in [1.54, 1.807) is 6.92 Å². The van der Waals surface area contributed by atoms with Crippen molar-refractivity contribution < 1.29 is 14.3 Å². The number of amides is 1. The number of para-hydroxylation sites is 1. The molecule has 0 spiro atoms. The lowest BCUT2D eigenvalue weighted by atomic mass is 10.0. The summed E-state index contributed by atoms with van der Waals surface area (Å²) < 4.78 is 11.5. The van der Waals surface area contributed by atoms with Crippen LogP contribution < -0.4 is 14.8 Å². The van der Waals surface area contributed by atoms with Gasteiger partial charge in [0.25, 0.3) is 5.91 Å². The highest BCUT2D eigenvalue weighted by Gasteiger charge is 2.14. The van der Waals surface area contributed by atoms with Crippen LogP contribution in [0.2, 0.25) is 0 Å². The summed E-state index contributed by atoms with van der Waals surface area (Å²) in [5, 5.41) is 2.85. The van der Waals surface area contributed by atoms with E-state index in [1.807, 2.05) is 49.4 Å². The zero-order chi connectivity index (χ0) is 18.2. The lowest BCUT2D eigenvalue weighted by Crippen LogP contribution is -2.38. The topological polar surface area (TPSA) is 47.6 Å². The minimum atomic E-state index is -0.551. The maximum atomic E-state index is 12.1. The van der Waals surface area contributed by atoms with Crippen molar-refractivity contribution in [2.24, 2.45) is 0 Å². The van der Waals surface area contributed by atoms with E-state index >= 15 is 0 Å². The summed E-state index contributed by atoms with van der Waals surface area (Å²) in [5.41, 5.74) is 2.27. The van der Waals surface area contributed by atoms with Crippen LogP contribution in [-0.4, -0.2) is 25.2 Å². The predicted octanol–water partition coefficient (Wildman–Crippen LogP) is 4.08. The Bertz CT molecular complexity index is 697. The minimum Gasteiger partial charge on any atom is -0.491 e. The molecule has 0 fully saturated rings. The van der Waals surface area contributed by atoms with Crippen LogP contribution >= 0.6 is 0 Å². The van der Waals surface area contributed by atoms with E-state index in [4.69, 9.17) is 9.47 Å². The van der Waals surface area contributed by atoms with Gasteiger partial charge in [-0.25, -0.2) is 0 Å². The van der Waals surface area contributed by atoms with Gasteiger partial charge >= 0.3 is 0 Å². The van der Waals surface area contributed by atoms with Gasteiger partial charge in [0.05, 0.1) is 6.54 Å². The number of carbonyl (C=O) groups excluding carboxylic acids is 1. The van der Waals surface area contributed by atoms with E-state index in [0.29, 0.717) is 24.8 Å². The van der Waals surface area contributed by atoms with Crippen LogP contribution in [0.25, 0.3) is 0 Å². The molecule has 0 aliphatic rings. The summed E-state index contributed by atoms with van der Waals surface area (Å²) in [6, 6.07) is 15.7. The summed E-state index contributed by atoms with van der Waals surface area (Å²) >= 11 is 0. The summed E-state index contributed by atoms with van der Waals surface area (Å²) in [6.45, 7) is 8.86. The number of carbonyl (C=O) groups is 1. The van der Waals surface area contributed by atoms with E-state index in [1.165, 1.54) is 5.56 Å². The van der Waals surface area contributed by atoms with E-state index < -0.39 is 6.10 Å². The fourth-order valence-electron chi connectivity index (χ4n) is 2.51. The number of aryl methyl sites for hydroxylation is 1. The molecule has 1 amide bonds. The van der Waals surface area contributed by atoms with Gasteiger partial charge in [0.1, 0.15) is 18.1 Å². The molecule has 0 bridgehead atoms. The Kier molecular flexibility index (Phi) is 6.87. The van der Waals surface area contributed by atoms with Gasteiger partial charge < -0.3 is 14.8 Å². The Morgan fingerprint density at radius 2 is 1.84 bits per heavy atom. The van der Waals surface area contributed by atoms with Gasteiger partial charge in [-0.3, -0.25) is 4.79 Å². The molecule has 0 heterocycles. The molecule has 1 atom stereocenters. The molecule has 2 aromatic rings. The van der Waals surface area contributed by atoms with Crippen LogP contribution in [0.5, 0.6) is 11.5 Å². The molecular weight excluding hydrogens is 314 g/mol. The highest BCUT2D eigenvalue weighted by molar-refractivity contribution is 5.80. The highest BCUT2D eigenvalue weighted by Crippen LogP contribution is 2.25. The molecule has 134 valence electrons. The SMILES string of the molecule is Cc1cccc(O[C@@H](C)C(=O)NCCOc2ccccc2C(C)C)c1. The van der Waals surface area contributed by atoms with Gasteiger partial charge in [0, 0.05) is 0 Å². The van der Waals surface area contributed by atoms with E-state index in [2.05, 4.69) is 25.2 Å². The first-order valence-electron chi connectivity index (χ1n) is 8.70. The zero-order valence-electron chi connectivity index (χ0n) is 15.4. The molecule has 4 heteroatoms. The molecule has 0 radical (unpaired) electrons. The largest absolute Gasteiger partial charge is 0.491 e. The molecule has 2 rings (SSSR count). The zero-order valence-corrected chi connectivity index (χ0v) is 15.4. The molecule has 2 aromatic carbocycles. The quantitative estimate of drug-likeness (QED) is 0.736. The smallest absolute Gasteiger partial charge is 0.260 e. The van der Waals surface area contributed by atoms with Crippen molar-refractivity contribution in [3.63, 3.8) is 0 Å². The normalized spacial score (nSPS) is 11.9. The van der Waals surface area contributed by atoms with Crippen molar-refractivity contribution in [3.8, 4) is 11.5 Å². The second-order valence-electron chi connectivity index (χ2n) is 6.41. The lowest BCUT2D eigenvalue weighted by Gasteiger charge is -2.16. The molecule has 0 aliphatic heterocycles. The maximum Gasteiger partial charge on any atom is 0.260 e. The van der Waals surface area contributed by atoms with E-state index in [9.17, 15) is 4.79 Å². The van der Waals surface area contributed by atoms with Crippen molar-refractivity contribution in [1.82, 2.24) is 5.32 Å². The molecule has 0 aromatic heterocycles. The van der Waals surface area contributed by atoms with Gasteiger partial charge in [-0.05, 0) is 49.1 Å². The van der Waals surface area contributed by atoms with Crippen molar-refractivity contribution in [1.29, 1.82) is 0 Å². The maximum absolute atomic E-state index is 12.1. The molecule has 4 nitrogen and oxygen atoms in total. The monoisotopic (exact) mass is 341 g/mol. The number of ether oxygens (including phenoxy) is 2. The Morgan fingerprint density at radius 3 is 2.56 bits per heavy atom. The minimum absolute atomic E-state index is 0.151. The molecule has 0 aliphatic carbocycles. The Labute approximate surface area is 150 Å². The fraction of sp³-hybridized carbons (Fsp3) is 0.381. The third-order valence-corrected chi connectivity index (χ3v) is 3.87. The number of hydrogen-bond donors (Lipinski definition) is 1. The first-order chi connectivity index (χ1) is 12.0. The van der Waals surface area contributed by atoms with E-state index in [0.717, 1.165) is 11.3 Å². The first kappa shape index (κ1) is 18.8. The third kappa shape index (κ3) is 5.82. The second-order valence-corrected chi connectivity index (χ2v) is 6.41. The van der Waals surface area contributed by atoms with Crippen LogP contribution in [0, 0.1) is 6.92 Å². The highest BCUT2D eigenvalue weighted by atomic mass is 16.5. The third-order valence-electron chi connectivity index (χ3n) is 3.87. The van der Waals surface area contributed by atoms with Crippen molar-refractivity contribution in [2.75, 3.05) is 13.2 Å². The van der Waals surface area contributed by atoms with Crippen LogP contribution in [0.1, 0.15) is 37.8 Å². The van der Waals surface area contributed by atoms with Crippen LogP contribution in [0.15, 0.2) is 48.5 Å². The lowest BCUT2D eigenvalue weighted by molar-refractivity contribution is -0.127. The van der Waals surface area contributed by atoms with E-state index in [-0.39, 0.29) is 5.91 Å². The molecule has 0 saturated carbocycles. The standard InChI is InChI=1S/C21H27NO3/c1-15(2)19-10-5-6-11-20(19)24-13-12-22-21(23)17(4)25-18-9-7-8-16(3)14-18/h5-11,14-15,17H,12-13H2,1-4H3,(H,22,23)/t17-/m0/s1. The summed E-state index contributed by atoms with van der Waals surface area (Å²) in [5.74, 6) is 1.82. The summed E-state index contributed by atoms with van der Waals surface area (Å²) in [4.78, 5) is 12.1. The average Bonchev–Trinajstić information content (AvgIpc) is 2.58. The molecular formula is C21H27NO3. The Hall–Kier alpha value is -2.49. The van der Waals surface area contributed by atoms with Crippen LogP contribution in [-0.2, 0) is 4.79 Å². The van der Waals surface area contributed by atoms with Crippen LogP contribution in [0.4, 0.5) is 0 Å². The number of rotatable bonds is 8. The fourth-order valence-corrected chi connectivity index (χ4v) is 2.51. The molecule has 0 unspecified atom stereocenters. The summed E-state index contributed by atoms with van der Waals surface area (Å²) in [6.07, 6.45) is -0.551. The second kappa shape index (κ2) is 9.11. The number of nitrogens with one attached hydrogen (secondary N) is 1. The Morgan fingerprint density at radius 1 is 1.08 bits per heavy atom. The van der Waals surface area contributed by atoms with Gasteiger partial charge in [-0.15, -0.1) is 0 Å². The number of benzene rings is 2. The predicted molar refractivity (Wildman–Crippen MR) is 100 cm³/mol. The molecule has 25 heavy (non-hydrogen) atoms.